The van der Waals surface area contributed by atoms with E-state index in [-0.39, 0.29) is 38.5 Å². The predicted octanol–water partition coefficient (Wildman–Crippen LogP) is 5.15. The van der Waals surface area contributed by atoms with Crippen LogP contribution in [0.3, 0.4) is 0 Å². The molecule has 0 spiro atoms. The van der Waals surface area contributed by atoms with Gasteiger partial charge in [0.05, 0.1) is 0 Å². The first-order valence-corrected chi connectivity index (χ1v) is 10.2. The van der Waals surface area contributed by atoms with Crippen molar-refractivity contribution in [2.45, 2.75) is 25.0 Å². The Labute approximate surface area is 200 Å². The van der Waals surface area contributed by atoms with Gasteiger partial charge in [-0.15, -0.1) is 18.2 Å². The number of nitrogens with zero attached hydrogens (tertiary/aromatic N) is 2. The number of fused-ring (bicyclic) bond motifs is 4. The minimum absolute atomic E-state index is 0. The van der Waals surface area contributed by atoms with Crippen LogP contribution in [-0.4, -0.2) is 22.1 Å². The smallest absolute Gasteiger partial charge is 0.217 e. The van der Waals surface area contributed by atoms with E-state index in [9.17, 15) is 5.11 Å². The number of hydrogen-bond acceptors (Lipinski definition) is 5. The molecule has 0 radical (unpaired) electrons. The van der Waals surface area contributed by atoms with E-state index in [0.29, 0.717) is 23.0 Å². The first-order valence-electron chi connectivity index (χ1n) is 10.2. The number of benzene rings is 3. The number of aliphatic imine (C=N–C) groups is 1. The second-order valence-corrected chi connectivity index (χ2v) is 8.06. The van der Waals surface area contributed by atoms with Crippen LogP contribution in [0.1, 0.15) is 23.6 Å². The summed E-state index contributed by atoms with van der Waals surface area (Å²) in [5, 5.41) is 10.9. The third-order valence-corrected chi connectivity index (χ3v) is 6.07. The monoisotopic (exact) mass is 602 g/mol. The van der Waals surface area contributed by atoms with Crippen molar-refractivity contribution in [3.63, 3.8) is 0 Å². The summed E-state index contributed by atoms with van der Waals surface area (Å²) in [7, 11) is 0. The van der Waals surface area contributed by atoms with E-state index < -0.39 is 0 Å². The Morgan fingerprint density at radius 3 is 2.78 bits per heavy atom. The molecule has 0 bridgehead atoms. The Morgan fingerprint density at radius 1 is 1.03 bits per heavy atom. The predicted molar refractivity (Wildman–Crippen MR) is 118 cm³/mol. The number of phenolic OH excluding ortho intramolecular Hbond substituents is 1. The second-order valence-electron chi connectivity index (χ2n) is 8.06. The zero-order valence-electron chi connectivity index (χ0n) is 17.2. The number of aromatic nitrogens is 1. The molecule has 1 aliphatic carbocycles. The maximum atomic E-state index is 10.1. The van der Waals surface area contributed by atoms with Gasteiger partial charge in [0.1, 0.15) is 28.8 Å². The van der Waals surface area contributed by atoms with Gasteiger partial charge in [0.2, 0.25) is 5.88 Å². The Morgan fingerprint density at radius 2 is 1.88 bits per heavy atom. The van der Waals surface area contributed by atoms with E-state index in [1.165, 1.54) is 11.1 Å². The topological polar surface area (TPSA) is 63.9 Å². The van der Waals surface area contributed by atoms with Crippen molar-refractivity contribution in [2.75, 3.05) is 0 Å². The second kappa shape index (κ2) is 7.75. The van der Waals surface area contributed by atoms with Crippen LogP contribution in [-0.2, 0) is 37.8 Å². The number of rotatable bonds is 3. The first kappa shape index (κ1) is 20.7. The van der Waals surface area contributed by atoms with Gasteiger partial charge in [-0.25, -0.2) is 4.98 Å². The molecule has 1 aromatic heterocycles. The molecular formula is C26H19N2O3Pt-. The average Bonchev–Trinajstić information content (AvgIpc) is 3.25. The normalized spacial score (nSPS) is 20.7. The Hall–Kier alpha value is -3.17. The van der Waals surface area contributed by atoms with E-state index in [0.717, 1.165) is 17.4 Å². The summed E-state index contributed by atoms with van der Waals surface area (Å²) in [5.74, 6) is 1.59. The fourth-order valence-corrected chi connectivity index (χ4v) is 4.46. The molecule has 6 heteroatoms. The Bertz CT molecular complexity index is 1370. The first-order chi connectivity index (χ1) is 15.1. The van der Waals surface area contributed by atoms with Crippen molar-refractivity contribution >= 4 is 16.8 Å². The molecule has 0 saturated carbocycles. The van der Waals surface area contributed by atoms with E-state index in [2.05, 4.69) is 42.2 Å². The molecule has 0 unspecified atom stereocenters. The molecule has 0 fully saturated rings. The van der Waals surface area contributed by atoms with Gasteiger partial charge in [-0.2, -0.15) is 0 Å². The van der Waals surface area contributed by atoms with Gasteiger partial charge in [0, 0.05) is 44.7 Å². The van der Waals surface area contributed by atoms with Crippen molar-refractivity contribution in [1.29, 1.82) is 0 Å². The molecule has 6 rings (SSSR count). The third-order valence-electron chi connectivity index (χ3n) is 6.07. The molecule has 2 aliphatic rings. The van der Waals surface area contributed by atoms with Gasteiger partial charge in [0.15, 0.2) is 0 Å². The molecule has 2 heterocycles. The van der Waals surface area contributed by atoms with E-state index in [4.69, 9.17) is 14.5 Å². The van der Waals surface area contributed by atoms with Crippen LogP contribution in [0.15, 0.2) is 77.8 Å². The van der Waals surface area contributed by atoms with Gasteiger partial charge >= 0.3 is 0 Å². The van der Waals surface area contributed by atoms with Gasteiger partial charge in [-0.05, 0) is 30.2 Å². The van der Waals surface area contributed by atoms with Crippen molar-refractivity contribution in [2.24, 2.45) is 4.99 Å². The summed E-state index contributed by atoms with van der Waals surface area (Å²) in [6, 6.07) is 26.2. The minimum Gasteiger partial charge on any atom is -0.514 e. The van der Waals surface area contributed by atoms with Crippen LogP contribution in [0.2, 0.25) is 0 Å². The van der Waals surface area contributed by atoms with E-state index in [1.807, 2.05) is 30.3 Å². The Kier molecular flexibility index (Phi) is 5.02. The summed E-state index contributed by atoms with van der Waals surface area (Å²) in [4.78, 5) is 9.38. The summed E-state index contributed by atoms with van der Waals surface area (Å²) >= 11 is 0. The molecule has 5 nitrogen and oxygen atoms in total. The van der Waals surface area contributed by atoms with Crippen LogP contribution >= 0.6 is 0 Å². The number of aromatic hydroxyl groups is 1. The molecule has 1 N–H and O–H groups in total. The molecule has 1 aliphatic heterocycles. The summed E-state index contributed by atoms with van der Waals surface area (Å²) < 4.78 is 12.2. The van der Waals surface area contributed by atoms with Gasteiger partial charge in [-0.3, -0.25) is 4.99 Å². The quantitative estimate of drug-likeness (QED) is 0.330. The Balaban J connectivity index is 0.00000216. The van der Waals surface area contributed by atoms with E-state index >= 15 is 0 Å². The summed E-state index contributed by atoms with van der Waals surface area (Å²) in [5.41, 5.74) is 3.38. The maximum Gasteiger partial charge on any atom is 0.217 e. The summed E-state index contributed by atoms with van der Waals surface area (Å²) in [6.45, 7) is 2.13. The molecule has 0 saturated heterocycles. The van der Waals surface area contributed by atoms with Crippen LogP contribution in [0.5, 0.6) is 17.4 Å². The van der Waals surface area contributed by atoms with Gasteiger partial charge in [-0.1, -0.05) is 48.0 Å². The largest absolute Gasteiger partial charge is 0.514 e. The number of phenols is 1. The molecule has 2 atom stereocenters. The third kappa shape index (κ3) is 3.28. The zero-order valence-corrected chi connectivity index (χ0v) is 19.5. The average molecular weight is 603 g/mol. The van der Waals surface area contributed by atoms with Crippen molar-refractivity contribution in [1.82, 2.24) is 4.98 Å². The number of ether oxygens (including phenoxy) is 2. The fraction of sp³-hybridized carbons (Fsp3) is 0.154. The number of hydrogen-bond donors (Lipinski definition) is 1. The fourth-order valence-electron chi connectivity index (χ4n) is 4.46. The zero-order chi connectivity index (χ0) is 21.0. The van der Waals surface area contributed by atoms with Crippen LogP contribution in [0.25, 0.3) is 10.9 Å². The minimum atomic E-state index is -0.381. The molecule has 32 heavy (non-hydrogen) atoms. The number of pyridine rings is 1. The van der Waals surface area contributed by atoms with E-state index in [1.54, 1.807) is 18.2 Å². The van der Waals surface area contributed by atoms with Gasteiger partial charge < -0.3 is 14.6 Å². The van der Waals surface area contributed by atoms with Crippen molar-refractivity contribution < 1.29 is 35.6 Å². The molecular weight excluding hydrogens is 583 g/mol. The molecule has 162 valence electrons. The van der Waals surface area contributed by atoms with Crippen LogP contribution < -0.4 is 4.74 Å². The standard InChI is InChI=1S/C26H19N2O3.Pt/c1-26-20-10-3-2-6-17(20)15-22(26)31-25(28-26)18-8-4-9-19(14-18)30-23-13-12-16-7-5-11-21(29)24(16)27-23;/h2-13,22,29H,15H2,1H3;/q-1;/t22-,26+;/m1./s1. The molecule has 0 amide bonds. The molecule has 4 aromatic rings. The SMILES string of the molecule is C[C@@]12N=C(c3[c-]c(Oc4ccc5cccc(O)c5n4)ccc3)O[C@@H]1Cc1ccccc12.[Pt]. The van der Waals surface area contributed by atoms with Crippen molar-refractivity contribution in [3.8, 4) is 17.4 Å². The van der Waals surface area contributed by atoms with Gasteiger partial charge in [0.25, 0.3) is 0 Å². The number of para-hydroxylation sites is 1. The van der Waals surface area contributed by atoms with Crippen molar-refractivity contribution in [3.05, 3.63) is 95.6 Å². The maximum absolute atomic E-state index is 10.1. The van der Waals surface area contributed by atoms with Crippen LogP contribution in [0.4, 0.5) is 0 Å². The van der Waals surface area contributed by atoms with Crippen LogP contribution in [0, 0.1) is 6.07 Å². The summed E-state index contributed by atoms with van der Waals surface area (Å²) in [6.07, 6.45) is 0.836. The molecule has 3 aromatic carbocycles.